The van der Waals surface area contributed by atoms with Crippen LogP contribution in [0.2, 0.25) is 0 Å². The van der Waals surface area contributed by atoms with E-state index in [1.807, 2.05) is 6.92 Å². The van der Waals surface area contributed by atoms with Gasteiger partial charge in [-0.15, -0.1) is 0 Å². The lowest BCUT2D eigenvalue weighted by Gasteiger charge is -2.13. The Morgan fingerprint density at radius 3 is 2.71 bits per heavy atom. The smallest absolute Gasteiger partial charge is 0.240 e. The summed E-state index contributed by atoms with van der Waals surface area (Å²) in [6, 6.07) is 3.93. The van der Waals surface area contributed by atoms with Gasteiger partial charge in [-0.05, 0) is 49.4 Å². The summed E-state index contributed by atoms with van der Waals surface area (Å²) in [5, 5.41) is 3.00. The molecule has 6 heteroatoms. The molecular formula is C15H23FN2O2S. The van der Waals surface area contributed by atoms with Crippen molar-refractivity contribution in [1.82, 2.24) is 10.0 Å². The van der Waals surface area contributed by atoms with Crippen LogP contribution < -0.4 is 10.0 Å². The summed E-state index contributed by atoms with van der Waals surface area (Å²) in [6.07, 6.45) is 2.37. The number of hydrogen-bond donors (Lipinski definition) is 2. The number of benzene rings is 1. The first kappa shape index (κ1) is 16.4. The van der Waals surface area contributed by atoms with Crippen molar-refractivity contribution in [2.45, 2.75) is 38.1 Å². The van der Waals surface area contributed by atoms with Gasteiger partial charge in [0, 0.05) is 18.7 Å². The number of halogens is 1. The minimum atomic E-state index is -3.57. The summed E-state index contributed by atoms with van der Waals surface area (Å²) >= 11 is 0. The zero-order valence-electron chi connectivity index (χ0n) is 12.5. The van der Waals surface area contributed by atoms with Gasteiger partial charge in [0.25, 0.3) is 0 Å². The molecule has 0 heterocycles. The average Bonchev–Trinajstić information content (AvgIpc) is 3.28. The summed E-state index contributed by atoms with van der Waals surface area (Å²) in [5.41, 5.74) is 0.370. The minimum absolute atomic E-state index is 0.125. The Morgan fingerprint density at radius 1 is 1.38 bits per heavy atom. The Morgan fingerprint density at radius 2 is 2.10 bits per heavy atom. The Labute approximate surface area is 126 Å². The van der Waals surface area contributed by atoms with E-state index in [0.717, 1.165) is 0 Å². The van der Waals surface area contributed by atoms with Crippen LogP contribution in [-0.4, -0.2) is 21.5 Å². The second-order valence-electron chi connectivity index (χ2n) is 5.70. The van der Waals surface area contributed by atoms with E-state index in [9.17, 15) is 12.8 Å². The van der Waals surface area contributed by atoms with Crippen LogP contribution in [0.5, 0.6) is 0 Å². The number of hydrogen-bond acceptors (Lipinski definition) is 3. The molecular weight excluding hydrogens is 291 g/mol. The van der Waals surface area contributed by atoms with Gasteiger partial charge in [-0.1, -0.05) is 13.8 Å². The summed E-state index contributed by atoms with van der Waals surface area (Å²) in [7, 11) is -3.57. The molecule has 118 valence electrons. The number of rotatable bonds is 8. The van der Waals surface area contributed by atoms with Gasteiger partial charge in [0.15, 0.2) is 0 Å². The molecule has 1 aliphatic carbocycles. The molecule has 0 aliphatic heterocycles. The third kappa shape index (κ3) is 4.49. The summed E-state index contributed by atoms with van der Waals surface area (Å²) in [5.74, 6) is 0.605. The van der Waals surface area contributed by atoms with Crippen molar-refractivity contribution in [3.05, 3.63) is 29.6 Å². The molecule has 1 fully saturated rings. The van der Waals surface area contributed by atoms with Gasteiger partial charge in [-0.25, -0.2) is 17.5 Å². The van der Waals surface area contributed by atoms with E-state index < -0.39 is 10.0 Å². The molecule has 0 radical (unpaired) electrons. The van der Waals surface area contributed by atoms with E-state index in [1.165, 1.54) is 31.0 Å². The monoisotopic (exact) mass is 314 g/mol. The lowest BCUT2D eigenvalue weighted by atomic mass is 10.1. The highest BCUT2D eigenvalue weighted by Gasteiger charge is 2.28. The normalized spacial score (nSPS) is 16.9. The first-order chi connectivity index (χ1) is 9.94. The Bertz CT molecular complexity index is 585. The second kappa shape index (κ2) is 6.85. The van der Waals surface area contributed by atoms with E-state index in [2.05, 4.69) is 17.0 Å². The van der Waals surface area contributed by atoms with E-state index in [0.29, 0.717) is 37.0 Å². The van der Waals surface area contributed by atoms with Crippen LogP contribution in [0.15, 0.2) is 23.1 Å². The molecule has 1 unspecified atom stereocenters. The second-order valence-corrected chi connectivity index (χ2v) is 7.47. The standard InChI is InChI=1S/C15H23FN2O2S/c1-3-17-10-13-8-14(6-7-15(13)16)21(19,20)18-9-11(2)12-4-5-12/h6-8,11-12,17-18H,3-5,9-10H2,1-2H3. The van der Waals surface area contributed by atoms with E-state index in [-0.39, 0.29) is 10.7 Å². The molecule has 21 heavy (non-hydrogen) atoms. The summed E-state index contributed by atoms with van der Waals surface area (Å²) in [4.78, 5) is 0.125. The molecule has 1 aromatic rings. The molecule has 0 saturated heterocycles. The van der Waals surface area contributed by atoms with Gasteiger partial charge in [0.1, 0.15) is 5.82 Å². The largest absolute Gasteiger partial charge is 0.313 e. The summed E-state index contributed by atoms with van der Waals surface area (Å²) < 4.78 is 40.8. The highest BCUT2D eigenvalue weighted by molar-refractivity contribution is 7.89. The first-order valence-electron chi connectivity index (χ1n) is 7.43. The molecule has 1 saturated carbocycles. The van der Waals surface area contributed by atoms with Crippen LogP contribution in [-0.2, 0) is 16.6 Å². The van der Waals surface area contributed by atoms with Gasteiger partial charge >= 0.3 is 0 Å². The van der Waals surface area contributed by atoms with Gasteiger partial charge in [0.05, 0.1) is 4.90 Å². The highest BCUT2D eigenvalue weighted by Crippen LogP contribution is 2.36. The molecule has 0 bridgehead atoms. The van der Waals surface area contributed by atoms with Crippen molar-refractivity contribution >= 4 is 10.0 Å². The fourth-order valence-corrected chi connectivity index (χ4v) is 3.46. The Kier molecular flexibility index (Phi) is 5.35. The molecule has 1 atom stereocenters. The molecule has 0 amide bonds. The third-order valence-electron chi connectivity index (χ3n) is 3.92. The Balaban J connectivity index is 2.07. The zero-order valence-corrected chi connectivity index (χ0v) is 13.3. The predicted octanol–water partition coefficient (Wildman–Crippen LogP) is 2.26. The molecule has 0 spiro atoms. The lowest BCUT2D eigenvalue weighted by Crippen LogP contribution is -2.29. The van der Waals surface area contributed by atoms with Crippen molar-refractivity contribution < 1.29 is 12.8 Å². The van der Waals surface area contributed by atoms with E-state index in [4.69, 9.17) is 0 Å². The van der Waals surface area contributed by atoms with Crippen molar-refractivity contribution in [2.75, 3.05) is 13.1 Å². The first-order valence-corrected chi connectivity index (χ1v) is 8.91. The topological polar surface area (TPSA) is 58.2 Å². The van der Waals surface area contributed by atoms with Crippen LogP contribution in [0.25, 0.3) is 0 Å². The van der Waals surface area contributed by atoms with Crippen molar-refractivity contribution in [3.8, 4) is 0 Å². The van der Waals surface area contributed by atoms with Gasteiger partial charge < -0.3 is 5.32 Å². The maximum atomic E-state index is 13.7. The van der Waals surface area contributed by atoms with Gasteiger partial charge in [-0.3, -0.25) is 0 Å². The van der Waals surface area contributed by atoms with Crippen LogP contribution in [0.3, 0.4) is 0 Å². The molecule has 0 aromatic heterocycles. The lowest BCUT2D eigenvalue weighted by molar-refractivity contribution is 0.491. The zero-order chi connectivity index (χ0) is 15.5. The maximum Gasteiger partial charge on any atom is 0.240 e. The fraction of sp³-hybridized carbons (Fsp3) is 0.600. The van der Waals surface area contributed by atoms with Crippen molar-refractivity contribution in [1.29, 1.82) is 0 Å². The molecule has 1 aromatic carbocycles. The van der Waals surface area contributed by atoms with Crippen LogP contribution >= 0.6 is 0 Å². The SMILES string of the molecule is CCNCc1cc(S(=O)(=O)NCC(C)C2CC2)ccc1F. The van der Waals surface area contributed by atoms with Crippen molar-refractivity contribution in [3.63, 3.8) is 0 Å². The number of sulfonamides is 1. The van der Waals surface area contributed by atoms with Gasteiger partial charge in [-0.2, -0.15) is 0 Å². The molecule has 2 rings (SSSR count). The Hall–Kier alpha value is -0.980. The van der Waals surface area contributed by atoms with E-state index in [1.54, 1.807) is 0 Å². The molecule has 2 N–H and O–H groups in total. The molecule has 1 aliphatic rings. The predicted molar refractivity (Wildman–Crippen MR) is 80.9 cm³/mol. The summed E-state index contributed by atoms with van der Waals surface area (Å²) in [6.45, 7) is 5.44. The maximum absolute atomic E-state index is 13.7. The fourth-order valence-electron chi connectivity index (χ4n) is 2.27. The third-order valence-corrected chi connectivity index (χ3v) is 5.34. The van der Waals surface area contributed by atoms with Crippen molar-refractivity contribution in [2.24, 2.45) is 11.8 Å². The van der Waals surface area contributed by atoms with E-state index >= 15 is 0 Å². The van der Waals surface area contributed by atoms with Gasteiger partial charge in [0.2, 0.25) is 10.0 Å². The highest BCUT2D eigenvalue weighted by atomic mass is 32.2. The molecule has 4 nitrogen and oxygen atoms in total. The van der Waals surface area contributed by atoms with Crippen LogP contribution in [0, 0.1) is 17.7 Å². The average molecular weight is 314 g/mol. The quantitative estimate of drug-likeness (QED) is 0.774. The van der Waals surface area contributed by atoms with Crippen LogP contribution in [0.4, 0.5) is 4.39 Å². The van der Waals surface area contributed by atoms with Crippen LogP contribution in [0.1, 0.15) is 32.3 Å². The number of nitrogens with one attached hydrogen (secondary N) is 2. The minimum Gasteiger partial charge on any atom is -0.313 e.